The molecule has 0 atom stereocenters. The van der Waals surface area contributed by atoms with Gasteiger partial charge in [0, 0.05) is 30.4 Å². The minimum absolute atomic E-state index is 0.0764. The lowest BCUT2D eigenvalue weighted by molar-refractivity contribution is 0.0711. The monoisotopic (exact) mass is 458 g/mol. The van der Waals surface area contributed by atoms with Crippen molar-refractivity contribution in [2.24, 2.45) is 0 Å². The van der Waals surface area contributed by atoms with E-state index in [0.717, 1.165) is 17.0 Å². The Hall–Kier alpha value is -4.14. The largest absolute Gasteiger partial charge is 0.508 e. The van der Waals surface area contributed by atoms with Crippen molar-refractivity contribution in [2.45, 2.75) is 40.8 Å². The van der Waals surface area contributed by atoms with Gasteiger partial charge in [-0.25, -0.2) is 9.97 Å². The molecule has 1 amide bonds. The van der Waals surface area contributed by atoms with Gasteiger partial charge in [0.1, 0.15) is 22.6 Å². The molecule has 1 aliphatic heterocycles. The Balaban J connectivity index is 1.72. The topological polar surface area (TPSA) is 119 Å². The van der Waals surface area contributed by atoms with Crippen LogP contribution in [0.5, 0.6) is 5.75 Å². The Morgan fingerprint density at radius 3 is 2.53 bits per heavy atom. The zero-order valence-corrected chi connectivity index (χ0v) is 19.6. The third-order valence-corrected chi connectivity index (χ3v) is 6.65. The van der Waals surface area contributed by atoms with Gasteiger partial charge in [0.15, 0.2) is 5.65 Å². The summed E-state index contributed by atoms with van der Waals surface area (Å²) in [7, 11) is 0. The minimum atomic E-state index is -0.267. The number of hydrogen-bond donors (Lipinski definition) is 2. The quantitative estimate of drug-likeness (QED) is 0.477. The van der Waals surface area contributed by atoms with Crippen LogP contribution in [0.1, 0.15) is 38.6 Å². The summed E-state index contributed by atoms with van der Waals surface area (Å²) in [5, 5.41) is 10.4. The molecule has 0 bridgehead atoms. The van der Waals surface area contributed by atoms with Crippen LogP contribution in [0.2, 0.25) is 0 Å². The lowest BCUT2D eigenvalue weighted by Gasteiger charge is -2.29. The molecule has 0 aliphatic carbocycles. The number of carbonyl (C=O) groups is 1. The van der Waals surface area contributed by atoms with Gasteiger partial charge in [-0.1, -0.05) is 12.1 Å². The molecule has 0 fully saturated rings. The molecule has 3 aromatic heterocycles. The first kappa shape index (κ1) is 21.7. The van der Waals surface area contributed by atoms with Crippen molar-refractivity contribution in [3.8, 4) is 11.4 Å². The number of amides is 1. The fraction of sp³-hybridized carbons (Fsp3) is 0.280. The van der Waals surface area contributed by atoms with E-state index in [1.165, 1.54) is 6.07 Å². The van der Waals surface area contributed by atoms with E-state index in [1.807, 2.05) is 26.8 Å². The lowest BCUT2D eigenvalue weighted by Crippen LogP contribution is -2.42. The second-order valence-electron chi connectivity index (χ2n) is 8.77. The number of hydrogen-bond acceptors (Lipinski definition) is 6. The standard InChI is InChI=1S/C25H26N6O3/c1-13-8-9-18(32)14(2)22(13)31-23(26)20(21-24(31)28-16(4)15(3)27-21)25(34)29-10-11-30-17(12-29)6-5-7-19(30)33/h5-9,32H,10-12,26H2,1-4H3. The van der Waals surface area contributed by atoms with E-state index in [9.17, 15) is 14.7 Å². The van der Waals surface area contributed by atoms with Gasteiger partial charge in [-0.2, -0.15) is 0 Å². The van der Waals surface area contributed by atoms with E-state index in [0.29, 0.717) is 47.7 Å². The van der Waals surface area contributed by atoms with Crippen LogP contribution in [0.3, 0.4) is 0 Å². The number of fused-ring (bicyclic) bond motifs is 2. The third kappa shape index (κ3) is 3.15. The smallest absolute Gasteiger partial charge is 0.260 e. The van der Waals surface area contributed by atoms with E-state index in [-0.39, 0.29) is 28.6 Å². The highest BCUT2D eigenvalue weighted by Crippen LogP contribution is 2.36. The van der Waals surface area contributed by atoms with Crippen LogP contribution in [0.25, 0.3) is 16.9 Å². The van der Waals surface area contributed by atoms with Gasteiger partial charge in [-0.05, 0) is 45.4 Å². The van der Waals surface area contributed by atoms with Crippen LogP contribution >= 0.6 is 0 Å². The number of nitrogen functional groups attached to an aromatic ring is 1. The number of nitrogens with two attached hydrogens (primary N) is 1. The van der Waals surface area contributed by atoms with Crippen molar-refractivity contribution in [3.05, 3.63) is 74.5 Å². The Morgan fingerprint density at radius 1 is 1.03 bits per heavy atom. The maximum absolute atomic E-state index is 13.8. The molecule has 0 spiro atoms. The van der Waals surface area contributed by atoms with E-state index in [1.54, 1.807) is 39.2 Å². The van der Waals surface area contributed by atoms with Crippen molar-refractivity contribution in [1.82, 2.24) is 24.0 Å². The zero-order valence-electron chi connectivity index (χ0n) is 19.6. The van der Waals surface area contributed by atoms with Crippen molar-refractivity contribution < 1.29 is 9.90 Å². The molecule has 0 saturated carbocycles. The molecule has 0 saturated heterocycles. The van der Waals surface area contributed by atoms with Crippen molar-refractivity contribution in [2.75, 3.05) is 12.3 Å². The second kappa shape index (κ2) is 7.72. The van der Waals surface area contributed by atoms with E-state index >= 15 is 0 Å². The predicted octanol–water partition coefficient (Wildman–Crippen LogP) is 2.76. The van der Waals surface area contributed by atoms with Crippen LogP contribution in [0.15, 0.2) is 35.1 Å². The number of benzene rings is 1. The number of phenolic OH excluding ortho intramolecular Hbond substituents is 1. The number of aromatic hydroxyl groups is 1. The normalized spacial score (nSPS) is 13.4. The summed E-state index contributed by atoms with van der Waals surface area (Å²) in [5.74, 6) is 0.0826. The van der Waals surface area contributed by atoms with Gasteiger partial charge in [0.2, 0.25) is 0 Å². The predicted molar refractivity (Wildman–Crippen MR) is 129 cm³/mol. The maximum Gasteiger partial charge on any atom is 0.260 e. The molecular formula is C25H26N6O3. The number of pyridine rings is 1. The summed E-state index contributed by atoms with van der Waals surface area (Å²) in [6.45, 7) is 8.51. The zero-order chi connectivity index (χ0) is 24.3. The first-order valence-corrected chi connectivity index (χ1v) is 11.1. The average molecular weight is 459 g/mol. The summed E-state index contributed by atoms with van der Waals surface area (Å²) in [6.07, 6.45) is 0. The van der Waals surface area contributed by atoms with Crippen LogP contribution in [-0.4, -0.2) is 41.6 Å². The summed E-state index contributed by atoms with van der Waals surface area (Å²) in [5.41, 5.74) is 12.1. The Morgan fingerprint density at radius 2 is 1.76 bits per heavy atom. The van der Waals surface area contributed by atoms with Crippen molar-refractivity contribution >= 4 is 22.9 Å². The van der Waals surface area contributed by atoms with E-state index in [4.69, 9.17) is 15.7 Å². The van der Waals surface area contributed by atoms with Gasteiger partial charge < -0.3 is 20.3 Å². The van der Waals surface area contributed by atoms with Crippen molar-refractivity contribution in [3.63, 3.8) is 0 Å². The summed E-state index contributed by atoms with van der Waals surface area (Å²) >= 11 is 0. The number of carbonyl (C=O) groups excluding carboxylic acids is 1. The van der Waals surface area contributed by atoms with E-state index in [2.05, 4.69) is 0 Å². The summed E-state index contributed by atoms with van der Waals surface area (Å²) < 4.78 is 3.40. The molecule has 1 aliphatic rings. The molecule has 9 heteroatoms. The Labute approximate surface area is 196 Å². The highest BCUT2D eigenvalue weighted by molar-refractivity contribution is 6.10. The molecule has 5 rings (SSSR count). The van der Waals surface area contributed by atoms with E-state index < -0.39 is 0 Å². The van der Waals surface area contributed by atoms with Gasteiger partial charge in [0.05, 0.1) is 23.6 Å². The molecule has 4 heterocycles. The van der Waals surface area contributed by atoms with Gasteiger partial charge in [-0.3, -0.25) is 14.2 Å². The fourth-order valence-electron chi connectivity index (χ4n) is 4.65. The van der Waals surface area contributed by atoms with Crippen molar-refractivity contribution in [1.29, 1.82) is 0 Å². The van der Waals surface area contributed by atoms with Crippen LogP contribution in [0, 0.1) is 27.7 Å². The first-order chi connectivity index (χ1) is 16.2. The SMILES string of the molecule is Cc1ccc(O)c(C)c1-n1c(N)c(C(=O)N2CCn3c(cccc3=O)C2)c2nc(C)c(C)nc21. The Bertz CT molecular complexity index is 1550. The number of rotatable bonds is 2. The molecule has 174 valence electrons. The molecular weight excluding hydrogens is 432 g/mol. The van der Waals surface area contributed by atoms with Gasteiger partial charge in [-0.15, -0.1) is 0 Å². The molecule has 0 radical (unpaired) electrons. The van der Waals surface area contributed by atoms with Crippen LogP contribution < -0.4 is 11.3 Å². The number of anilines is 1. The minimum Gasteiger partial charge on any atom is -0.508 e. The molecule has 34 heavy (non-hydrogen) atoms. The molecule has 3 N–H and O–H groups in total. The van der Waals surface area contributed by atoms with Gasteiger partial charge in [0.25, 0.3) is 11.5 Å². The third-order valence-electron chi connectivity index (χ3n) is 6.65. The van der Waals surface area contributed by atoms with Crippen LogP contribution in [0.4, 0.5) is 5.82 Å². The summed E-state index contributed by atoms with van der Waals surface area (Å²) in [6, 6.07) is 8.51. The molecule has 0 unspecified atom stereocenters. The lowest BCUT2D eigenvalue weighted by atomic mass is 10.1. The fourth-order valence-corrected chi connectivity index (χ4v) is 4.65. The number of aromatic nitrogens is 4. The molecule has 1 aromatic carbocycles. The maximum atomic E-state index is 13.8. The average Bonchev–Trinajstić information content (AvgIpc) is 3.07. The highest BCUT2D eigenvalue weighted by Gasteiger charge is 2.31. The molecule has 9 nitrogen and oxygen atoms in total. The number of aryl methyl sites for hydroxylation is 3. The second-order valence-corrected chi connectivity index (χ2v) is 8.77. The van der Waals surface area contributed by atoms with Crippen LogP contribution in [-0.2, 0) is 13.1 Å². The van der Waals surface area contributed by atoms with Gasteiger partial charge >= 0.3 is 0 Å². The number of phenols is 1. The Kier molecular flexibility index (Phi) is 4.93. The molecule has 4 aromatic rings. The summed E-state index contributed by atoms with van der Waals surface area (Å²) in [4.78, 5) is 37.1. The first-order valence-electron chi connectivity index (χ1n) is 11.1. The number of nitrogens with zero attached hydrogens (tertiary/aromatic N) is 5. The highest BCUT2D eigenvalue weighted by atomic mass is 16.3.